The van der Waals surface area contributed by atoms with Crippen molar-refractivity contribution < 1.29 is 9.90 Å². The number of aromatic hydroxyl groups is 1. The molecule has 1 amide bonds. The van der Waals surface area contributed by atoms with Crippen molar-refractivity contribution in [2.45, 2.75) is 20.8 Å². The lowest BCUT2D eigenvalue weighted by atomic mass is 10.1. The van der Waals surface area contributed by atoms with Crippen molar-refractivity contribution in [1.82, 2.24) is 0 Å². The lowest BCUT2D eigenvalue weighted by Gasteiger charge is -2.11. The molecule has 0 bridgehead atoms. The molecule has 0 saturated carbocycles. The fourth-order valence-electron chi connectivity index (χ4n) is 1.90. The molecule has 0 atom stereocenters. The first-order valence-electron chi connectivity index (χ1n) is 6.16. The van der Waals surface area contributed by atoms with Crippen LogP contribution in [0.1, 0.15) is 27.0 Å². The molecule has 0 fully saturated rings. The first-order valence-corrected chi connectivity index (χ1v) is 6.16. The molecule has 0 spiro atoms. The highest BCUT2D eigenvalue weighted by molar-refractivity contribution is 6.06. The normalized spacial score (nSPS) is 10.3. The van der Waals surface area contributed by atoms with E-state index in [1.54, 1.807) is 25.1 Å². The zero-order chi connectivity index (χ0) is 14.0. The molecule has 98 valence electrons. The molecule has 3 heteroatoms. The summed E-state index contributed by atoms with van der Waals surface area (Å²) >= 11 is 0. The number of anilines is 1. The van der Waals surface area contributed by atoms with Crippen LogP contribution < -0.4 is 5.32 Å². The molecule has 0 aromatic heterocycles. The summed E-state index contributed by atoms with van der Waals surface area (Å²) in [7, 11) is 0. The summed E-state index contributed by atoms with van der Waals surface area (Å²) in [4.78, 5) is 12.2. The van der Waals surface area contributed by atoms with Gasteiger partial charge in [0.25, 0.3) is 5.91 Å². The number of benzene rings is 2. The quantitative estimate of drug-likeness (QED) is 0.861. The SMILES string of the molecule is Cc1ccc(C)c(NC(=O)c2cccc(C)c2O)c1. The minimum absolute atomic E-state index is 0.0327. The van der Waals surface area contributed by atoms with Gasteiger partial charge in [0.2, 0.25) is 0 Å². The molecule has 0 aliphatic rings. The first-order chi connectivity index (χ1) is 8.99. The molecule has 2 rings (SSSR count). The summed E-state index contributed by atoms with van der Waals surface area (Å²) in [5.74, 6) is -0.264. The number of carbonyl (C=O) groups excluding carboxylic acids is 1. The third kappa shape index (κ3) is 2.76. The van der Waals surface area contributed by atoms with Gasteiger partial charge in [-0.15, -0.1) is 0 Å². The van der Waals surface area contributed by atoms with Crippen LogP contribution >= 0.6 is 0 Å². The Morgan fingerprint density at radius 2 is 1.79 bits per heavy atom. The number of hydrogen-bond donors (Lipinski definition) is 2. The number of aryl methyl sites for hydroxylation is 3. The fourth-order valence-corrected chi connectivity index (χ4v) is 1.90. The molecule has 0 unspecified atom stereocenters. The van der Waals surface area contributed by atoms with Crippen LogP contribution in [0.5, 0.6) is 5.75 Å². The minimum Gasteiger partial charge on any atom is -0.507 e. The predicted molar refractivity (Wildman–Crippen MR) is 76.7 cm³/mol. The zero-order valence-corrected chi connectivity index (χ0v) is 11.3. The number of para-hydroxylation sites is 1. The molecular weight excluding hydrogens is 238 g/mol. The average molecular weight is 255 g/mol. The highest BCUT2D eigenvalue weighted by atomic mass is 16.3. The number of hydrogen-bond acceptors (Lipinski definition) is 2. The van der Waals surface area contributed by atoms with E-state index in [0.717, 1.165) is 16.8 Å². The van der Waals surface area contributed by atoms with Gasteiger partial charge in [-0.1, -0.05) is 24.3 Å². The Morgan fingerprint density at radius 1 is 1.05 bits per heavy atom. The van der Waals surface area contributed by atoms with Gasteiger partial charge in [-0.2, -0.15) is 0 Å². The fraction of sp³-hybridized carbons (Fsp3) is 0.188. The Balaban J connectivity index is 2.31. The van der Waals surface area contributed by atoms with Gasteiger partial charge in [0.05, 0.1) is 5.56 Å². The van der Waals surface area contributed by atoms with Crippen molar-refractivity contribution in [1.29, 1.82) is 0 Å². The highest BCUT2D eigenvalue weighted by Crippen LogP contribution is 2.23. The van der Waals surface area contributed by atoms with Gasteiger partial charge in [-0.25, -0.2) is 0 Å². The van der Waals surface area contributed by atoms with Gasteiger partial charge in [0.15, 0.2) is 0 Å². The van der Waals surface area contributed by atoms with Crippen LogP contribution in [0, 0.1) is 20.8 Å². The number of phenolic OH excluding ortho intramolecular Hbond substituents is 1. The summed E-state index contributed by atoms with van der Waals surface area (Å²) in [6.45, 7) is 5.68. The first kappa shape index (κ1) is 13.1. The second kappa shape index (κ2) is 5.14. The monoisotopic (exact) mass is 255 g/mol. The summed E-state index contributed by atoms with van der Waals surface area (Å²) < 4.78 is 0. The molecule has 3 nitrogen and oxygen atoms in total. The summed E-state index contributed by atoms with van der Waals surface area (Å²) in [5, 5.41) is 12.7. The van der Waals surface area contributed by atoms with Crippen molar-refractivity contribution in [3.05, 3.63) is 58.7 Å². The second-order valence-corrected chi connectivity index (χ2v) is 4.74. The molecule has 2 aromatic rings. The van der Waals surface area contributed by atoms with E-state index in [1.807, 2.05) is 32.0 Å². The minimum atomic E-state index is -0.296. The van der Waals surface area contributed by atoms with Crippen molar-refractivity contribution in [3.63, 3.8) is 0 Å². The maximum absolute atomic E-state index is 12.2. The molecule has 2 N–H and O–H groups in total. The van der Waals surface area contributed by atoms with E-state index in [0.29, 0.717) is 11.1 Å². The Hall–Kier alpha value is -2.29. The van der Waals surface area contributed by atoms with Crippen molar-refractivity contribution in [3.8, 4) is 5.75 Å². The van der Waals surface area contributed by atoms with Crippen molar-refractivity contribution in [2.75, 3.05) is 5.32 Å². The molecular formula is C16H17NO2. The average Bonchev–Trinajstić information content (AvgIpc) is 2.37. The third-order valence-electron chi connectivity index (χ3n) is 3.12. The number of amides is 1. The smallest absolute Gasteiger partial charge is 0.259 e. The molecule has 2 aromatic carbocycles. The maximum atomic E-state index is 12.2. The number of nitrogens with one attached hydrogen (secondary N) is 1. The van der Waals surface area contributed by atoms with E-state index < -0.39 is 0 Å². The van der Waals surface area contributed by atoms with E-state index in [2.05, 4.69) is 5.32 Å². The molecule has 0 saturated heterocycles. The number of phenols is 1. The Labute approximate surface area is 112 Å². The standard InChI is InChI=1S/C16H17NO2/c1-10-7-8-11(2)14(9-10)17-16(19)13-6-4-5-12(3)15(13)18/h4-9,18H,1-3H3,(H,17,19). The lowest BCUT2D eigenvalue weighted by Crippen LogP contribution is -2.13. The topological polar surface area (TPSA) is 49.3 Å². The van der Waals surface area contributed by atoms with Crippen LogP contribution in [-0.4, -0.2) is 11.0 Å². The molecule has 0 aliphatic heterocycles. The Bertz CT molecular complexity index is 633. The number of rotatable bonds is 2. The van der Waals surface area contributed by atoms with Gasteiger partial charge in [0, 0.05) is 5.69 Å². The van der Waals surface area contributed by atoms with Gasteiger partial charge in [0.1, 0.15) is 5.75 Å². The van der Waals surface area contributed by atoms with E-state index in [-0.39, 0.29) is 11.7 Å². The molecule has 0 heterocycles. The summed E-state index contributed by atoms with van der Waals surface area (Å²) in [5.41, 5.74) is 3.82. The third-order valence-corrected chi connectivity index (χ3v) is 3.12. The summed E-state index contributed by atoms with van der Waals surface area (Å²) in [6.07, 6.45) is 0. The van der Waals surface area contributed by atoms with Crippen LogP contribution in [0.3, 0.4) is 0 Å². The maximum Gasteiger partial charge on any atom is 0.259 e. The number of carbonyl (C=O) groups is 1. The van der Waals surface area contributed by atoms with Crippen LogP contribution in [0.15, 0.2) is 36.4 Å². The second-order valence-electron chi connectivity index (χ2n) is 4.74. The van der Waals surface area contributed by atoms with E-state index in [9.17, 15) is 9.90 Å². The zero-order valence-electron chi connectivity index (χ0n) is 11.3. The van der Waals surface area contributed by atoms with Crippen molar-refractivity contribution >= 4 is 11.6 Å². The van der Waals surface area contributed by atoms with Crippen molar-refractivity contribution in [2.24, 2.45) is 0 Å². The van der Waals surface area contributed by atoms with E-state index in [4.69, 9.17) is 0 Å². The predicted octanol–water partition coefficient (Wildman–Crippen LogP) is 3.57. The van der Waals surface area contributed by atoms with Gasteiger partial charge < -0.3 is 10.4 Å². The van der Waals surface area contributed by atoms with E-state index >= 15 is 0 Å². The molecule has 19 heavy (non-hydrogen) atoms. The van der Waals surface area contributed by atoms with Crippen LogP contribution in [0.25, 0.3) is 0 Å². The highest BCUT2D eigenvalue weighted by Gasteiger charge is 2.13. The lowest BCUT2D eigenvalue weighted by molar-refractivity contribution is 0.102. The van der Waals surface area contributed by atoms with Gasteiger partial charge in [-0.05, 0) is 49.6 Å². The van der Waals surface area contributed by atoms with Gasteiger partial charge >= 0.3 is 0 Å². The summed E-state index contributed by atoms with van der Waals surface area (Å²) in [6, 6.07) is 11.0. The molecule has 0 radical (unpaired) electrons. The van der Waals surface area contributed by atoms with Gasteiger partial charge in [-0.3, -0.25) is 4.79 Å². The largest absolute Gasteiger partial charge is 0.507 e. The van der Waals surface area contributed by atoms with Crippen LogP contribution in [0.2, 0.25) is 0 Å². The molecule has 0 aliphatic carbocycles. The van der Waals surface area contributed by atoms with Crippen LogP contribution in [0.4, 0.5) is 5.69 Å². The Morgan fingerprint density at radius 3 is 2.53 bits per heavy atom. The van der Waals surface area contributed by atoms with E-state index in [1.165, 1.54) is 0 Å². The Kier molecular flexibility index (Phi) is 3.56. The van der Waals surface area contributed by atoms with Crippen LogP contribution in [-0.2, 0) is 0 Å².